The number of rotatable bonds is 4. The average molecular weight is 384 g/mol. The first-order valence-corrected chi connectivity index (χ1v) is 6.85. The Balaban J connectivity index is 2.42. The Bertz CT molecular complexity index is 862. The first-order valence-electron chi connectivity index (χ1n) is 6.05. The van der Waals surface area contributed by atoms with E-state index >= 15 is 0 Å². The van der Waals surface area contributed by atoms with Gasteiger partial charge in [-0.15, -0.1) is 0 Å². The predicted octanol–water partition coefficient (Wildman–Crippen LogP) is 2.03. The van der Waals surface area contributed by atoms with Gasteiger partial charge in [-0.3, -0.25) is 14.9 Å². The van der Waals surface area contributed by atoms with E-state index in [2.05, 4.69) is 25.9 Å². The molecular formula is C13H10BrN3O6. The van der Waals surface area contributed by atoms with Gasteiger partial charge in [0.2, 0.25) is 0 Å². The second kappa shape index (κ2) is 6.48. The van der Waals surface area contributed by atoms with E-state index < -0.39 is 22.0 Å². The van der Waals surface area contributed by atoms with Crippen LogP contribution < -0.4 is 10.3 Å². The average Bonchev–Trinajstić information content (AvgIpc) is 2.45. The van der Waals surface area contributed by atoms with Gasteiger partial charge in [-0.05, 0) is 23.8 Å². The van der Waals surface area contributed by atoms with Crippen LogP contribution in [0.3, 0.4) is 0 Å². The van der Waals surface area contributed by atoms with Gasteiger partial charge < -0.3 is 19.9 Å². The van der Waals surface area contributed by atoms with Gasteiger partial charge in [-0.25, -0.2) is 0 Å². The van der Waals surface area contributed by atoms with Gasteiger partial charge >= 0.3 is 11.2 Å². The first-order chi connectivity index (χ1) is 10.8. The molecule has 9 nitrogen and oxygen atoms in total. The fraction of sp³-hybridized carbons (Fsp3) is 0.0769. The van der Waals surface area contributed by atoms with Gasteiger partial charge in [0.15, 0.2) is 11.5 Å². The van der Waals surface area contributed by atoms with E-state index in [9.17, 15) is 25.1 Å². The van der Waals surface area contributed by atoms with Crippen LogP contribution in [0.15, 0.2) is 21.4 Å². The van der Waals surface area contributed by atoms with E-state index in [1.165, 1.54) is 31.4 Å². The number of aromatic nitrogens is 2. The number of hydrogen-bond donors (Lipinski definition) is 3. The van der Waals surface area contributed by atoms with Crippen LogP contribution in [0.4, 0.5) is 5.69 Å². The minimum absolute atomic E-state index is 0.0592. The topological polar surface area (TPSA) is 139 Å². The van der Waals surface area contributed by atoms with Crippen LogP contribution in [0.1, 0.15) is 11.4 Å². The highest BCUT2D eigenvalue weighted by Crippen LogP contribution is 2.33. The normalized spacial score (nSPS) is 10.9. The van der Waals surface area contributed by atoms with Crippen molar-refractivity contribution in [2.75, 3.05) is 7.11 Å². The highest BCUT2D eigenvalue weighted by atomic mass is 79.9. The molecule has 0 saturated heterocycles. The van der Waals surface area contributed by atoms with Crippen LogP contribution in [0.25, 0.3) is 12.2 Å². The molecule has 0 radical (unpaired) electrons. The highest BCUT2D eigenvalue weighted by molar-refractivity contribution is 9.10. The Morgan fingerprint density at radius 2 is 2.09 bits per heavy atom. The second-order valence-corrected chi connectivity index (χ2v) is 5.11. The summed E-state index contributed by atoms with van der Waals surface area (Å²) in [7, 11) is 1.39. The maximum Gasteiger partial charge on any atom is 0.395 e. The van der Waals surface area contributed by atoms with E-state index in [0.29, 0.717) is 10.0 Å². The maximum absolute atomic E-state index is 11.5. The number of aromatic amines is 1. The molecule has 10 heteroatoms. The Kier molecular flexibility index (Phi) is 4.65. The number of phenolic OH excluding ortho intramolecular Hbond substituents is 1. The Morgan fingerprint density at radius 3 is 2.65 bits per heavy atom. The monoisotopic (exact) mass is 383 g/mol. The summed E-state index contributed by atoms with van der Waals surface area (Å²) in [6, 6.07) is 2.95. The minimum Gasteiger partial charge on any atom is -0.504 e. The van der Waals surface area contributed by atoms with Crippen LogP contribution in [0.5, 0.6) is 17.4 Å². The van der Waals surface area contributed by atoms with Gasteiger partial charge in [0.05, 0.1) is 12.0 Å². The number of benzene rings is 1. The van der Waals surface area contributed by atoms with Crippen LogP contribution in [-0.2, 0) is 0 Å². The lowest BCUT2D eigenvalue weighted by Gasteiger charge is -2.06. The van der Waals surface area contributed by atoms with Crippen molar-refractivity contribution in [1.82, 2.24) is 9.97 Å². The third-order valence-electron chi connectivity index (χ3n) is 2.80. The Labute approximate surface area is 137 Å². The van der Waals surface area contributed by atoms with Crippen LogP contribution in [0, 0.1) is 10.1 Å². The molecule has 0 aliphatic rings. The molecule has 1 heterocycles. The molecule has 0 aliphatic carbocycles. The van der Waals surface area contributed by atoms with Crippen molar-refractivity contribution < 1.29 is 19.9 Å². The van der Waals surface area contributed by atoms with Crippen LogP contribution in [0.2, 0.25) is 0 Å². The number of halogens is 1. The second-order valence-electron chi connectivity index (χ2n) is 4.26. The fourth-order valence-corrected chi connectivity index (χ4v) is 2.20. The number of nitrogens with one attached hydrogen (secondary N) is 1. The van der Waals surface area contributed by atoms with E-state index in [1.54, 1.807) is 0 Å². The predicted molar refractivity (Wildman–Crippen MR) is 84.5 cm³/mol. The minimum atomic E-state index is -1.07. The first kappa shape index (κ1) is 16.5. The number of methoxy groups -OCH3 is 1. The molecule has 0 saturated carbocycles. The number of nitrogens with zero attached hydrogens (tertiary/aromatic N) is 2. The molecule has 120 valence electrons. The molecule has 0 unspecified atom stereocenters. The molecule has 2 aromatic rings. The molecule has 23 heavy (non-hydrogen) atoms. The summed E-state index contributed by atoms with van der Waals surface area (Å²) < 4.78 is 5.52. The quantitative estimate of drug-likeness (QED) is 0.541. The van der Waals surface area contributed by atoms with Gasteiger partial charge in [-0.1, -0.05) is 22.0 Å². The van der Waals surface area contributed by atoms with Crippen LogP contribution in [-0.4, -0.2) is 32.2 Å². The van der Waals surface area contributed by atoms with Crippen LogP contribution >= 0.6 is 15.9 Å². The van der Waals surface area contributed by atoms with Gasteiger partial charge in [0.25, 0.3) is 5.88 Å². The lowest BCUT2D eigenvalue weighted by molar-refractivity contribution is -0.387. The maximum atomic E-state index is 11.5. The molecule has 0 aliphatic heterocycles. The van der Waals surface area contributed by atoms with E-state index in [1.807, 2.05) is 0 Å². The van der Waals surface area contributed by atoms with Crippen molar-refractivity contribution >= 4 is 33.8 Å². The SMILES string of the molecule is COc1cc(C=Cc2nc(O)c([N+](=O)[O-])c(=O)[nH]2)c(Br)cc1O. The van der Waals surface area contributed by atoms with E-state index in [-0.39, 0.29) is 17.3 Å². The van der Waals surface area contributed by atoms with Gasteiger partial charge in [-0.2, -0.15) is 4.98 Å². The largest absolute Gasteiger partial charge is 0.504 e. The summed E-state index contributed by atoms with van der Waals surface area (Å²) in [6.07, 6.45) is 2.84. The summed E-state index contributed by atoms with van der Waals surface area (Å²) in [5.74, 6) is -0.866. The molecule has 0 spiro atoms. The van der Waals surface area contributed by atoms with E-state index in [4.69, 9.17) is 4.74 Å². The van der Waals surface area contributed by atoms with Crippen molar-refractivity contribution in [2.24, 2.45) is 0 Å². The number of phenols is 1. The number of aromatic hydroxyl groups is 2. The van der Waals surface area contributed by atoms with Gasteiger partial charge in [0.1, 0.15) is 5.82 Å². The molecule has 0 atom stereocenters. The molecule has 3 N–H and O–H groups in total. The number of hydrogen-bond acceptors (Lipinski definition) is 7. The molecule has 2 rings (SSSR count). The summed E-state index contributed by atoms with van der Waals surface area (Å²) in [5.41, 5.74) is -1.50. The Hall–Kier alpha value is -2.88. The molecule has 1 aromatic carbocycles. The molecule has 0 fully saturated rings. The summed E-state index contributed by atoms with van der Waals surface area (Å²) in [6.45, 7) is 0. The van der Waals surface area contributed by atoms with E-state index in [0.717, 1.165) is 0 Å². The highest BCUT2D eigenvalue weighted by Gasteiger charge is 2.21. The zero-order valence-corrected chi connectivity index (χ0v) is 13.2. The third-order valence-corrected chi connectivity index (χ3v) is 3.48. The molecule has 0 amide bonds. The molecular weight excluding hydrogens is 374 g/mol. The standard InChI is InChI=1S/C13H10BrN3O6/c1-23-9-4-6(7(14)5-8(9)18)2-3-10-15-12(19)11(17(21)22)13(20)16-10/h2-5,18H,1H3,(H2,15,16,19,20). The zero-order chi connectivity index (χ0) is 17.1. The Morgan fingerprint density at radius 1 is 1.39 bits per heavy atom. The van der Waals surface area contributed by atoms with Crippen molar-refractivity contribution in [1.29, 1.82) is 0 Å². The summed E-state index contributed by atoms with van der Waals surface area (Å²) in [5, 5.41) is 29.7. The molecule has 1 aromatic heterocycles. The molecule has 0 bridgehead atoms. The van der Waals surface area contributed by atoms with Crippen molar-refractivity contribution in [3.63, 3.8) is 0 Å². The smallest absolute Gasteiger partial charge is 0.395 e. The number of ether oxygens (including phenoxy) is 1. The summed E-state index contributed by atoms with van der Waals surface area (Å²) in [4.78, 5) is 26.8. The zero-order valence-electron chi connectivity index (χ0n) is 11.6. The summed E-state index contributed by atoms with van der Waals surface area (Å²) >= 11 is 3.25. The van der Waals surface area contributed by atoms with Gasteiger partial charge in [0, 0.05) is 4.47 Å². The lowest BCUT2D eigenvalue weighted by Crippen LogP contribution is -2.14. The lowest BCUT2D eigenvalue weighted by atomic mass is 10.2. The van der Waals surface area contributed by atoms with Crippen molar-refractivity contribution in [3.05, 3.63) is 48.5 Å². The fourth-order valence-electron chi connectivity index (χ4n) is 1.73. The number of nitro groups is 1. The number of H-pyrrole nitrogens is 1. The van der Waals surface area contributed by atoms with Crippen molar-refractivity contribution in [3.8, 4) is 17.4 Å². The third kappa shape index (κ3) is 3.48. The van der Waals surface area contributed by atoms with Crippen molar-refractivity contribution in [2.45, 2.75) is 0 Å².